The highest BCUT2D eigenvalue weighted by Gasteiger charge is 2.37. The molecular formula is C30H39NO2. The Morgan fingerprint density at radius 2 is 1.33 bits per heavy atom. The van der Waals surface area contributed by atoms with Gasteiger partial charge < -0.3 is 15.1 Å². The Labute approximate surface area is 199 Å². The van der Waals surface area contributed by atoms with Crippen molar-refractivity contribution in [1.82, 2.24) is 4.90 Å². The zero-order valence-electron chi connectivity index (χ0n) is 20.3. The summed E-state index contributed by atoms with van der Waals surface area (Å²) >= 11 is 0. The third kappa shape index (κ3) is 6.54. The molecule has 0 saturated heterocycles. The van der Waals surface area contributed by atoms with Crippen molar-refractivity contribution in [2.75, 3.05) is 19.6 Å². The van der Waals surface area contributed by atoms with E-state index in [1.165, 1.54) is 5.56 Å². The van der Waals surface area contributed by atoms with Gasteiger partial charge in [0.05, 0.1) is 6.10 Å². The molecule has 0 spiro atoms. The molecular weight excluding hydrogens is 406 g/mol. The summed E-state index contributed by atoms with van der Waals surface area (Å²) in [6, 6.07) is 28.2. The van der Waals surface area contributed by atoms with E-state index in [0.717, 1.165) is 55.6 Å². The van der Waals surface area contributed by atoms with Gasteiger partial charge in [-0.3, -0.25) is 0 Å². The highest BCUT2D eigenvalue weighted by molar-refractivity contribution is 5.36. The Balaban J connectivity index is 1.59. The van der Waals surface area contributed by atoms with Crippen molar-refractivity contribution in [2.45, 2.75) is 51.7 Å². The van der Waals surface area contributed by atoms with Crippen LogP contribution < -0.4 is 0 Å². The normalized spacial score (nSPS) is 13.8. The van der Waals surface area contributed by atoms with Crippen molar-refractivity contribution in [3.63, 3.8) is 0 Å². The summed E-state index contributed by atoms with van der Waals surface area (Å²) in [5, 5.41) is 22.5. The van der Waals surface area contributed by atoms with Gasteiger partial charge in [0.15, 0.2) is 0 Å². The van der Waals surface area contributed by atoms with Crippen LogP contribution in [0, 0.1) is 12.8 Å². The predicted molar refractivity (Wildman–Crippen MR) is 137 cm³/mol. The minimum atomic E-state index is -1.02. The molecule has 0 aliphatic heterocycles. The average molecular weight is 446 g/mol. The second-order valence-corrected chi connectivity index (χ2v) is 9.19. The Morgan fingerprint density at radius 1 is 0.788 bits per heavy atom. The van der Waals surface area contributed by atoms with Crippen LogP contribution in [0.15, 0.2) is 84.9 Å². The Hall–Kier alpha value is -2.46. The van der Waals surface area contributed by atoms with Crippen molar-refractivity contribution >= 4 is 0 Å². The highest BCUT2D eigenvalue weighted by Crippen LogP contribution is 2.38. The first-order valence-electron chi connectivity index (χ1n) is 12.3. The molecule has 3 heteroatoms. The van der Waals surface area contributed by atoms with E-state index in [-0.39, 0.29) is 5.92 Å². The Bertz CT molecular complexity index is 901. The van der Waals surface area contributed by atoms with Gasteiger partial charge in [-0.05, 0) is 68.4 Å². The van der Waals surface area contributed by atoms with E-state index in [1.54, 1.807) is 0 Å². The van der Waals surface area contributed by atoms with Crippen LogP contribution in [0.4, 0.5) is 0 Å². The molecule has 0 fully saturated rings. The van der Waals surface area contributed by atoms with Crippen molar-refractivity contribution in [3.8, 4) is 0 Å². The number of aryl methyl sites for hydroxylation is 1. The van der Waals surface area contributed by atoms with Crippen molar-refractivity contribution < 1.29 is 10.2 Å². The molecule has 3 aromatic carbocycles. The van der Waals surface area contributed by atoms with E-state index in [0.29, 0.717) is 0 Å². The predicted octanol–water partition coefficient (Wildman–Crippen LogP) is 6.09. The molecule has 176 valence electrons. The lowest BCUT2D eigenvalue weighted by Gasteiger charge is -2.36. The van der Waals surface area contributed by atoms with Crippen LogP contribution in [0.5, 0.6) is 0 Å². The van der Waals surface area contributed by atoms with Crippen molar-refractivity contribution in [3.05, 3.63) is 107 Å². The fraction of sp³-hybridized carbons (Fsp3) is 0.400. The number of hydrogen-bond acceptors (Lipinski definition) is 3. The summed E-state index contributed by atoms with van der Waals surface area (Å²) in [5.41, 5.74) is 3.06. The number of aliphatic hydroxyl groups excluding tert-OH is 1. The van der Waals surface area contributed by atoms with Crippen LogP contribution >= 0.6 is 0 Å². The molecule has 0 radical (unpaired) electrons. The number of hydrogen-bond donors (Lipinski definition) is 2. The smallest absolute Gasteiger partial charge is 0.117 e. The SMILES string of the molecule is CCN(CCCC(O)c1ccc(C)cc1)CCC(C)C(O)(c1ccccc1)c1ccccc1. The molecule has 0 aliphatic rings. The van der Waals surface area contributed by atoms with Gasteiger partial charge in [0.25, 0.3) is 0 Å². The average Bonchev–Trinajstić information content (AvgIpc) is 2.86. The Kier molecular flexibility index (Phi) is 9.25. The van der Waals surface area contributed by atoms with Gasteiger partial charge in [0.2, 0.25) is 0 Å². The first-order chi connectivity index (χ1) is 15.9. The number of benzene rings is 3. The highest BCUT2D eigenvalue weighted by atomic mass is 16.3. The summed E-state index contributed by atoms with van der Waals surface area (Å²) in [5.74, 6) is 0.0505. The monoisotopic (exact) mass is 445 g/mol. The van der Waals surface area contributed by atoms with Gasteiger partial charge in [-0.15, -0.1) is 0 Å². The van der Waals surface area contributed by atoms with Crippen LogP contribution in [-0.4, -0.2) is 34.7 Å². The first kappa shape index (κ1) is 25.2. The van der Waals surface area contributed by atoms with E-state index in [2.05, 4.69) is 37.8 Å². The molecule has 0 bridgehead atoms. The standard InChI is InChI=1S/C30H39NO2/c1-4-31(22-11-16-29(32)26-19-17-24(2)18-20-26)23-21-25(3)30(33,27-12-7-5-8-13-27)28-14-9-6-10-15-28/h5-10,12-15,17-20,25,29,32-33H,4,11,16,21-23H2,1-3H3. The molecule has 2 unspecified atom stereocenters. The lowest BCUT2D eigenvalue weighted by atomic mass is 9.75. The maximum atomic E-state index is 12.0. The fourth-order valence-electron chi connectivity index (χ4n) is 4.60. The summed E-state index contributed by atoms with van der Waals surface area (Å²) in [6.45, 7) is 9.22. The minimum absolute atomic E-state index is 0.0505. The topological polar surface area (TPSA) is 43.7 Å². The molecule has 3 rings (SSSR count). The van der Waals surface area contributed by atoms with E-state index >= 15 is 0 Å². The lowest BCUT2D eigenvalue weighted by molar-refractivity contribution is 0.0159. The summed E-state index contributed by atoms with van der Waals surface area (Å²) < 4.78 is 0. The van der Waals surface area contributed by atoms with Crippen LogP contribution in [0.25, 0.3) is 0 Å². The van der Waals surface area contributed by atoms with Gasteiger partial charge in [0, 0.05) is 0 Å². The molecule has 0 saturated carbocycles. The van der Waals surface area contributed by atoms with Gasteiger partial charge in [-0.25, -0.2) is 0 Å². The van der Waals surface area contributed by atoms with Crippen LogP contribution in [0.1, 0.15) is 61.5 Å². The number of nitrogens with zero attached hydrogens (tertiary/aromatic N) is 1. The van der Waals surface area contributed by atoms with Gasteiger partial charge in [-0.1, -0.05) is 104 Å². The van der Waals surface area contributed by atoms with E-state index in [4.69, 9.17) is 0 Å². The zero-order valence-corrected chi connectivity index (χ0v) is 20.3. The molecule has 3 nitrogen and oxygen atoms in total. The minimum Gasteiger partial charge on any atom is -0.388 e. The second-order valence-electron chi connectivity index (χ2n) is 9.19. The van der Waals surface area contributed by atoms with Crippen LogP contribution in [-0.2, 0) is 5.60 Å². The Morgan fingerprint density at radius 3 is 1.85 bits per heavy atom. The summed E-state index contributed by atoms with van der Waals surface area (Å²) in [6.07, 6.45) is 2.17. The molecule has 3 aromatic rings. The summed E-state index contributed by atoms with van der Waals surface area (Å²) in [7, 11) is 0. The van der Waals surface area contributed by atoms with Gasteiger partial charge in [0.1, 0.15) is 5.60 Å². The number of rotatable bonds is 12. The third-order valence-electron chi connectivity index (χ3n) is 6.88. The molecule has 0 heterocycles. The van der Waals surface area contributed by atoms with Crippen LogP contribution in [0.3, 0.4) is 0 Å². The van der Waals surface area contributed by atoms with E-state index in [9.17, 15) is 10.2 Å². The molecule has 33 heavy (non-hydrogen) atoms. The molecule has 0 aromatic heterocycles. The van der Waals surface area contributed by atoms with Gasteiger partial charge in [-0.2, -0.15) is 0 Å². The van der Waals surface area contributed by atoms with E-state index < -0.39 is 11.7 Å². The van der Waals surface area contributed by atoms with Crippen molar-refractivity contribution in [2.24, 2.45) is 5.92 Å². The lowest BCUT2D eigenvalue weighted by Crippen LogP contribution is -2.37. The molecule has 2 N–H and O–H groups in total. The summed E-state index contributed by atoms with van der Waals surface area (Å²) in [4.78, 5) is 2.43. The maximum Gasteiger partial charge on any atom is 0.117 e. The number of aliphatic hydroxyl groups is 2. The van der Waals surface area contributed by atoms with Gasteiger partial charge >= 0.3 is 0 Å². The fourth-order valence-corrected chi connectivity index (χ4v) is 4.60. The zero-order chi connectivity index (χ0) is 23.7. The second kappa shape index (κ2) is 12.1. The largest absolute Gasteiger partial charge is 0.388 e. The third-order valence-corrected chi connectivity index (χ3v) is 6.88. The molecule has 2 atom stereocenters. The van der Waals surface area contributed by atoms with Crippen LogP contribution in [0.2, 0.25) is 0 Å². The molecule has 0 amide bonds. The van der Waals surface area contributed by atoms with Crippen molar-refractivity contribution in [1.29, 1.82) is 0 Å². The first-order valence-corrected chi connectivity index (χ1v) is 12.3. The maximum absolute atomic E-state index is 12.0. The van der Waals surface area contributed by atoms with E-state index in [1.807, 2.05) is 72.8 Å². The molecule has 0 aliphatic carbocycles. The quantitative estimate of drug-likeness (QED) is 0.354.